The van der Waals surface area contributed by atoms with Gasteiger partial charge in [-0.15, -0.1) is 0 Å². The summed E-state index contributed by atoms with van der Waals surface area (Å²) in [6.07, 6.45) is 1.70. The molecule has 0 unspecified atom stereocenters. The van der Waals surface area contributed by atoms with Gasteiger partial charge in [-0.1, -0.05) is 47.7 Å². The van der Waals surface area contributed by atoms with E-state index in [1.807, 2.05) is 48.5 Å². The second-order valence-electron chi connectivity index (χ2n) is 6.42. The normalized spacial score (nSPS) is 11.9. The molecule has 0 radical (unpaired) electrons. The van der Waals surface area contributed by atoms with Crippen LogP contribution in [-0.2, 0) is 0 Å². The van der Waals surface area contributed by atoms with Crippen molar-refractivity contribution in [1.29, 1.82) is 0 Å². The van der Waals surface area contributed by atoms with E-state index in [1.165, 1.54) is 11.3 Å². The van der Waals surface area contributed by atoms with Crippen LogP contribution in [0.15, 0.2) is 72.9 Å². The Morgan fingerprint density at radius 1 is 0.967 bits per heavy atom. The molecule has 5 rings (SSSR count). The van der Waals surface area contributed by atoms with Crippen molar-refractivity contribution in [3.63, 3.8) is 0 Å². The topological polar surface area (TPSA) is 85.4 Å². The van der Waals surface area contributed by atoms with E-state index >= 15 is 0 Å². The molecule has 2 aromatic carbocycles. The first-order chi connectivity index (χ1) is 14.8. The molecule has 0 spiro atoms. The molecule has 148 valence electrons. The molecule has 1 amide bonds. The van der Waals surface area contributed by atoms with Crippen LogP contribution in [-0.4, -0.2) is 22.7 Å². The van der Waals surface area contributed by atoms with Crippen LogP contribution in [0.5, 0.6) is 11.5 Å². The van der Waals surface area contributed by atoms with E-state index in [-0.39, 0.29) is 12.7 Å². The summed E-state index contributed by atoms with van der Waals surface area (Å²) in [5, 5.41) is 6.68. The van der Waals surface area contributed by atoms with Crippen molar-refractivity contribution in [3.05, 3.63) is 77.8 Å². The average Bonchev–Trinajstić information content (AvgIpc) is 3.42. The molecule has 30 heavy (non-hydrogen) atoms. The van der Waals surface area contributed by atoms with Crippen molar-refractivity contribution >= 4 is 33.9 Å². The molecule has 0 saturated heterocycles. The number of rotatable bonds is 5. The Balaban J connectivity index is 1.47. The van der Waals surface area contributed by atoms with Crippen LogP contribution in [0.25, 0.3) is 11.3 Å². The summed E-state index contributed by atoms with van der Waals surface area (Å²) < 4.78 is 10.7. The van der Waals surface area contributed by atoms with Crippen molar-refractivity contribution in [2.24, 2.45) is 0 Å². The number of hydrogen-bond donors (Lipinski definition) is 2. The number of benzene rings is 2. The highest BCUT2D eigenvalue weighted by atomic mass is 32.1. The SMILES string of the molecule is O=C(Nc1ccc2c(c1)OCO2)c1sc(Nc2ccccn2)nc1-c1ccccc1. The molecule has 0 bridgehead atoms. The molecule has 1 aliphatic heterocycles. The maximum atomic E-state index is 13.1. The number of thiazole rings is 1. The number of amides is 1. The third kappa shape index (κ3) is 3.68. The van der Waals surface area contributed by atoms with Gasteiger partial charge in [0.1, 0.15) is 10.7 Å². The molecule has 0 atom stereocenters. The third-order valence-electron chi connectivity index (χ3n) is 4.41. The zero-order chi connectivity index (χ0) is 20.3. The molecular weight excluding hydrogens is 400 g/mol. The number of nitrogens with zero attached hydrogens (tertiary/aromatic N) is 2. The fourth-order valence-electron chi connectivity index (χ4n) is 3.03. The van der Waals surface area contributed by atoms with Crippen LogP contribution in [0.1, 0.15) is 9.67 Å². The molecular formula is C22H16N4O3S. The molecule has 0 saturated carbocycles. The molecule has 1 aliphatic rings. The number of fused-ring (bicyclic) bond motifs is 1. The van der Waals surface area contributed by atoms with Crippen LogP contribution in [0.2, 0.25) is 0 Å². The van der Waals surface area contributed by atoms with E-state index in [2.05, 4.69) is 20.6 Å². The van der Waals surface area contributed by atoms with Gasteiger partial charge >= 0.3 is 0 Å². The highest BCUT2D eigenvalue weighted by molar-refractivity contribution is 7.18. The van der Waals surface area contributed by atoms with E-state index in [9.17, 15) is 4.79 Å². The van der Waals surface area contributed by atoms with E-state index in [1.54, 1.807) is 24.4 Å². The molecule has 4 aromatic rings. The zero-order valence-electron chi connectivity index (χ0n) is 15.7. The largest absolute Gasteiger partial charge is 0.454 e. The first-order valence-electron chi connectivity index (χ1n) is 9.21. The van der Waals surface area contributed by atoms with Gasteiger partial charge in [0.05, 0.1) is 5.69 Å². The van der Waals surface area contributed by atoms with Gasteiger partial charge in [-0.05, 0) is 24.3 Å². The predicted molar refractivity (Wildman–Crippen MR) is 116 cm³/mol. The average molecular weight is 416 g/mol. The zero-order valence-corrected chi connectivity index (χ0v) is 16.5. The summed E-state index contributed by atoms with van der Waals surface area (Å²) in [6, 6.07) is 20.5. The Bertz CT molecular complexity index is 1200. The minimum absolute atomic E-state index is 0.183. The van der Waals surface area contributed by atoms with Crippen LogP contribution in [0, 0.1) is 0 Å². The lowest BCUT2D eigenvalue weighted by Crippen LogP contribution is -2.11. The summed E-state index contributed by atoms with van der Waals surface area (Å²) in [4.78, 5) is 22.5. The van der Waals surface area contributed by atoms with E-state index in [0.717, 1.165) is 5.56 Å². The van der Waals surface area contributed by atoms with Crippen LogP contribution < -0.4 is 20.1 Å². The first-order valence-corrected chi connectivity index (χ1v) is 10.0. The van der Waals surface area contributed by atoms with Crippen LogP contribution >= 0.6 is 11.3 Å². The van der Waals surface area contributed by atoms with Crippen molar-refractivity contribution in [2.45, 2.75) is 0 Å². The van der Waals surface area contributed by atoms with Gasteiger partial charge < -0.3 is 20.1 Å². The Morgan fingerprint density at radius 2 is 1.80 bits per heavy atom. The number of anilines is 3. The van der Waals surface area contributed by atoms with Gasteiger partial charge in [0.25, 0.3) is 5.91 Å². The molecule has 3 heterocycles. The summed E-state index contributed by atoms with van der Waals surface area (Å²) in [7, 11) is 0. The Morgan fingerprint density at radius 3 is 2.63 bits per heavy atom. The molecule has 7 nitrogen and oxygen atoms in total. The lowest BCUT2D eigenvalue weighted by atomic mass is 10.1. The third-order valence-corrected chi connectivity index (χ3v) is 5.38. The number of nitrogens with one attached hydrogen (secondary N) is 2. The summed E-state index contributed by atoms with van der Waals surface area (Å²) >= 11 is 1.27. The predicted octanol–water partition coefficient (Wildman–Crippen LogP) is 4.93. The smallest absolute Gasteiger partial charge is 0.268 e. The number of hydrogen-bond acceptors (Lipinski definition) is 7. The molecule has 8 heteroatoms. The minimum Gasteiger partial charge on any atom is -0.454 e. The summed E-state index contributed by atoms with van der Waals surface area (Å²) in [6.45, 7) is 0.183. The Kier molecular flexibility index (Phi) is 4.74. The van der Waals surface area contributed by atoms with Gasteiger partial charge in [0, 0.05) is 23.5 Å². The number of carbonyl (C=O) groups is 1. The van der Waals surface area contributed by atoms with Crippen LogP contribution in [0.4, 0.5) is 16.6 Å². The van der Waals surface area contributed by atoms with Gasteiger partial charge in [-0.25, -0.2) is 9.97 Å². The Hall–Kier alpha value is -3.91. The highest BCUT2D eigenvalue weighted by Crippen LogP contribution is 2.36. The van der Waals surface area contributed by atoms with Crippen molar-refractivity contribution in [3.8, 4) is 22.8 Å². The number of carbonyl (C=O) groups excluding carboxylic acids is 1. The second kappa shape index (κ2) is 7.84. The summed E-state index contributed by atoms with van der Waals surface area (Å²) in [5.74, 6) is 1.68. The molecule has 0 aliphatic carbocycles. The maximum absolute atomic E-state index is 13.1. The first kappa shape index (κ1) is 18.1. The van der Waals surface area contributed by atoms with Gasteiger partial charge in [0.15, 0.2) is 16.6 Å². The lowest BCUT2D eigenvalue weighted by molar-refractivity contribution is 0.103. The second-order valence-corrected chi connectivity index (χ2v) is 7.42. The van der Waals surface area contributed by atoms with Crippen molar-refractivity contribution in [2.75, 3.05) is 17.4 Å². The number of ether oxygens (including phenoxy) is 2. The van der Waals surface area contributed by atoms with Gasteiger partial charge in [0.2, 0.25) is 6.79 Å². The van der Waals surface area contributed by atoms with E-state index in [0.29, 0.717) is 38.7 Å². The summed E-state index contributed by atoms with van der Waals surface area (Å²) in [5.41, 5.74) is 2.09. The maximum Gasteiger partial charge on any atom is 0.268 e. The highest BCUT2D eigenvalue weighted by Gasteiger charge is 2.21. The number of pyridine rings is 1. The molecule has 2 N–H and O–H groups in total. The van der Waals surface area contributed by atoms with Crippen molar-refractivity contribution in [1.82, 2.24) is 9.97 Å². The monoisotopic (exact) mass is 416 g/mol. The quantitative estimate of drug-likeness (QED) is 0.480. The fourth-order valence-corrected chi connectivity index (χ4v) is 3.92. The fraction of sp³-hybridized carbons (Fsp3) is 0.0455. The minimum atomic E-state index is -0.251. The Labute approximate surface area is 176 Å². The van der Waals surface area contributed by atoms with Crippen molar-refractivity contribution < 1.29 is 14.3 Å². The lowest BCUT2D eigenvalue weighted by Gasteiger charge is -2.06. The van der Waals surface area contributed by atoms with Gasteiger partial charge in [-0.3, -0.25) is 4.79 Å². The van der Waals surface area contributed by atoms with E-state index < -0.39 is 0 Å². The molecule has 2 aromatic heterocycles. The molecule has 0 fully saturated rings. The van der Waals surface area contributed by atoms with E-state index in [4.69, 9.17) is 9.47 Å². The van der Waals surface area contributed by atoms with Gasteiger partial charge in [-0.2, -0.15) is 0 Å². The van der Waals surface area contributed by atoms with Crippen LogP contribution in [0.3, 0.4) is 0 Å². The standard InChI is InChI=1S/C22H16N4O3S/c27-21(24-15-9-10-16-17(12-15)29-13-28-16)20-19(14-6-2-1-3-7-14)26-22(30-20)25-18-8-4-5-11-23-18/h1-12H,13H2,(H,24,27)(H,23,25,26). The number of aromatic nitrogens is 2.